The van der Waals surface area contributed by atoms with Crippen LogP contribution in [0.25, 0.3) is 16.5 Å². The minimum Gasteiger partial charge on any atom is -0.504 e. The fraction of sp³-hybridized carbons (Fsp3) is 0.133. The van der Waals surface area contributed by atoms with Gasteiger partial charge in [0.05, 0.1) is 25.1 Å². The van der Waals surface area contributed by atoms with Crippen molar-refractivity contribution < 1.29 is 14.6 Å². The predicted molar refractivity (Wildman–Crippen MR) is 158 cm³/mol. The Morgan fingerprint density at radius 3 is 2.65 bits per heavy atom. The zero-order valence-electron chi connectivity index (χ0n) is 22.0. The number of aromatic nitrogens is 3. The van der Waals surface area contributed by atoms with E-state index in [1.54, 1.807) is 19.1 Å². The minimum atomic E-state index is -0.503. The highest BCUT2D eigenvalue weighted by atomic mass is 32.2. The van der Waals surface area contributed by atoms with Crippen molar-refractivity contribution in [2.45, 2.75) is 23.9 Å². The predicted octanol–water partition coefficient (Wildman–Crippen LogP) is 5.38. The number of methoxy groups -OCH3 is 1. The largest absolute Gasteiger partial charge is 0.504 e. The maximum atomic E-state index is 12.8. The molecule has 0 fully saturated rings. The third-order valence-corrected chi connectivity index (χ3v) is 7.23. The fourth-order valence-electron chi connectivity index (χ4n) is 4.13. The zero-order valence-corrected chi connectivity index (χ0v) is 22.8. The molecule has 9 nitrogen and oxygen atoms in total. The molecule has 0 aliphatic heterocycles. The molecule has 0 saturated carbocycles. The topological polar surface area (TPSA) is 114 Å². The Labute approximate surface area is 235 Å². The van der Waals surface area contributed by atoms with Crippen LogP contribution in [0.4, 0.5) is 5.69 Å². The second kappa shape index (κ2) is 12.4. The molecule has 1 amide bonds. The number of fused-ring (bicyclic) bond motifs is 1. The van der Waals surface area contributed by atoms with Crippen LogP contribution in [0, 0.1) is 0 Å². The Morgan fingerprint density at radius 2 is 1.82 bits per heavy atom. The van der Waals surface area contributed by atoms with Gasteiger partial charge >= 0.3 is 0 Å². The van der Waals surface area contributed by atoms with Gasteiger partial charge in [0, 0.05) is 16.8 Å². The van der Waals surface area contributed by atoms with Crippen LogP contribution in [-0.4, -0.2) is 44.4 Å². The molecule has 0 spiro atoms. The highest BCUT2D eigenvalue weighted by molar-refractivity contribution is 8.00. The van der Waals surface area contributed by atoms with Crippen molar-refractivity contribution in [3.63, 3.8) is 0 Å². The molecule has 0 radical (unpaired) electrons. The number of phenolic OH excluding ortho intramolecular Hbond substituents is 1. The Morgan fingerprint density at radius 1 is 1.05 bits per heavy atom. The maximum absolute atomic E-state index is 12.8. The molecule has 0 saturated heterocycles. The quantitative estimate of drug-likeness (QED) is 0.121. The summed E-state index contributed by atoms with van der Waals surface area (Å²) in [4.78, 5) is 12.8. The first-order chi connectivity index (χ1) is 19.5. The smallest absolute Gasteiger partial charge is 0.253 e. The van der Waals surface area contributed by atoms with Gasteiger partial charge in [-0.15, -0.1) is 10.2 Å². The van der Waals surface area contributed by atoms with E-state index in [-0.39, 0.29) is 11.7 Å². The molecule has 5 rings (SSSR count). The van der Waals surface area contributed by atoms with Crippen molar-refractivity contribution in [1.29, 1.82) is 0 Å². The van der Waals surface area contributed by atoms with E-state index in [2.05, 4.69) is 44.2 Å². The number of thioether (sulfide) groups is 1. The molecule has 0 aliphatic rings. The van der Waals surface area contributed by atoms with E-state index in [0.29, 0.717) is 28.8 Å². The van der Waals surface area contributed by atoms with E-state index in [1.807, 2.05) is 59.2 Å². The number of benzene rings is 4. The summed E-state index contributed by atoms with van der Waals surface area (Å²) < 4.78 is 7.06. The van der Waals surface area contributed by atoms with E-state index in [1.165, 1.54) is 31.2 Å². The second-order valence-electron chi connectivity index (χ2n) is 8.88. The molecule has 10 heteroatoms. The first kappa shape index (κ1) is 26.8. The molecule has 1 aromatic heterocycles. The van der Waals surface area contributed by atoms with Crippen molar-refractivity contribution in [1.82, 2.24) is 20.2 Å². The zero-order chi connectivity index (χ0) is 27.9. The molecule has 0 aliphatic carbocycles. The fourth-order valence-corrected chi connectivity index (χ4v) is 5.01. The van der Waals surface area contributed by atoms with Gasteiger partial charge in [-0.2, -0.15) is 5.10 Å². The maximum Gasteiger partial charge on any atom is 0.253 e. The molecule has 4 aromatic carbocycles. The summed E-state index contributed by atoms with van der Waals surface area (Å²) in [6, 6.07) is 29.0. The van der Waals surface area contributed by atoms with Crippen molar-refractivity contribution in [3.8, 4) is 17.2 Å². The lowest BCUT2D eigenvalue weighted by molar-refractivity contribution is -0.120. The normalized spacial score (nSPS) is 11.9. The highest BCUT2D eigenvalue weighted by Gasteiger charge is 2.21. The van der Waals surface area contributed by atoms with Crippen molar-refractivity contribution in [2.24, 2.45) is 5.10 Å². The Bertz CT molecular complexity index is 1650. The van der Waals surface area contributed by atoms with Gasteiger partial charge in [-0.25, -0.2) is 5.43 Å². The standard InChI is InChI=1S/C30H28N6O3S/c1-20(29(38)34-32-18-21-15-16-26(37)27(17-21)39-2)40-30-35-33-28(36(30)23-11-4-3-5-12-23)19-31-25-14-8-10-22-9-6-7-13-24(22)25/h3-18,20,31,37H,19H2,1-2H3,(H,34,38)/b32-18-. The number of para-hydroxylation sites is 1. The van der Waals surface area contributed by atoms with Crippen molar-refractivity contribution in [3.05, 3.63) is 102 Å². The number of anilines is 1. The third kappa shape index (κ3) is 6.08. The van der Waals surface area contributed by atoms with Gasteiger partial charge in [0.1, 0.15) is 0 Å². The average Bonchev–Trinajstić information content (AvgIpc) is 3.39. The van der Waals surface area contributed by atoms with Crippen LogP contribution in [0.2, 0.25) is 0 Å². The molecular formula is C30H28N6O3S. The molecule has 40 heavy (non-hydrogen) atoms. The summed E-state index contributed by atoms with van der Waals surface area (Å²) in [6.45, 7) is 2.23. The van der Waals surface area contributed by atoms with Gasteiger partial charge < -0.3 is 15.2 Å². The molecule has 5 aromatic rings. The summed E-state index contributed by atoms with van der Waals surface area (Å²) in [5.74, 6) is 0.784. The number of aromatic hydroxyl groups is 1. The Hall–Kier alpha value is -4.83. The Kier molecular flexibility index (Phi) is 8.26. The number of hydrazone groups is 1. The number of rotatable bonds is 10. The first-order valence-electron chi connectivity index (χ1n) is 12.6. The van der Waals surface area contributed by atoms with E-state index in [0.717, 1.165) is 22.1 Å². The van der Waals surface area contributed by atoms with Crippen molar-refractivity contribution >= 4 is 40.3 Å². The van der Waals surface area contributed by atoms with Gasteiger partial charge in [-0.1, -0.05) is 66.4 Å². The number of hydrogen-bond acceptors (Lipinski definition) is 8. The number of hydrogen-bond donors (Lipinski definition) is 3. The third-order valence-electron chi connectivity index (χ3n) is 6.18. The lowest BCUT2D eigenvalue weighted by Crippen LogP contribution is -2.27. The summed E-state index contributed by atoms with van der Waals surface area (Å²) in [6.07, 6.45) is 1.49. The molecule has 1 atom stereocenters. The summed E-state index contributed by atoms with van der Waals surface area (Å²) in [5.41, 5.74) is 5.14. The van der Waals surface area contributed by atoms with E-state index >= 15 is 0 Å². The van der Waals surface area contributed by atoms with E-state index in [4.69, 9.17) is 4.74 Å². The molecular weight excluding hydrogens is 524 g/mol. The van der Waals surface area contributed by atoms with Crippen LogP contribution in [0.1, 0.15) is 18.3 Å². The van der Waals surface area contributed by atoms with Gasteiger partial charge in [0.25, 0.3) is 5.91 Å². The lowest BCUT2D eigenvalue weighted by atomic mass is 10.1. The van der Waals surface area contributed by atoms with Crippen LogP contribution in [0.15, 0.2) is 101 Å². The lowest BCUT2D eigenvalue weighted by Gasteiger charge is -2.14. The average molecular weight is 553 g/mol. The van der Waals surface area contributed by atoms with Crippen LogP contribution < -0.4 is 15.5 Å². The van der Waals surface area contributed by atoms with E-state index < -0.39 is 5.25 Å². The number of ether oxygens (including phenoxy) is 1. The number of carbonyl (C=O) groups excluding carboxylic acids is 1. The van der Waals surface area contributed by atoms with Crippen LogP contribution in [0.5, 0.6) is 11.5 Å². The SMILES string of the molecule is COc1cc(/C=N\NC(=O)C(C)Sc2nnc(CNc3cccc4ccccc34)n2-c2ccccc2)ccc1O. The van der Waals surface area contributed by atoms with Gasteiger partial charge in [0.15, 0.2) is 22.5 Å². The molecule has 1 heterocycles. The minimum absolute atomic E-state index is 0.0305. The Balaban J connectivity index is 1.31. The number of nitrogens with one attached hydrogen (secondary N) is 2. The summed E-state index contributed by atoms with van der Waals surface area (Å²) >= 11 is 1.30. The number of nitrogens with zero attached hydrogens (tertiary/aromatic N) is 4. The van der Waals surface area contributed by atoms with Crippen LogP contribution >= 0.6 is 11.8 Å². The second-order valence-corrected chi connectivity index (χ2v) is 10.2. The molecule has 202 valence electrons. The molecule has 1 unspecified atom stereocenters. The number of carbonyl (C=O) groups is 1. The van der Waals surface area contributed by atoms with Gasteiger partial charge in [-0.3, -0.25) is 9.36 Å². The van der Waals surface area contributed by atoms with Crippen molar-refractivity contribution in [2.75, 3.05) is 12.4 Å². The monoisotopic (exact) mass is 552 g/mol. The van der Waals surface area contributed by atoms with Gasteiger partial charge in [0.2, 0.25) is 0 Å². The summed E-state index contributed by atoms with van der Waals surface area (Å²) in [5, 5.41) is 28.6. The van der Waals surface area contributed by atoms with Crippen LogP contribution in [-0.2, 0) is 11.3 Å². The van der Waals surface area contributed by atoms with Crippen LogP contribution in [0.3, 0.4) is 0 Å². The number of phenols is 1. The molecule has 0 bridgehead atoms. The van der Waals surface area contributed by atoms with Gasteiger partial charge in [-0.05, 0) is 54.3 Å². The van der Waals surface area contributed by atoms with E-state index in [9.17, 15) is 9.90 Å². The highest BCUT2D eigenvalue weighted by Crippen LogP contribution is 2.28. The molecule has 3 N–H and O–H groups in total. The first-order valence-corrected chi connectivity index (χ1v) is 13.5. The number of amides is 1. The summed E-state index contributed by atoms with van der Waals surface area (Å²) in [7, 11) is 1.47.